The minimum absolute atomic E-state index is 0.0464. The van der Waals surface area contributed by atoms with Gasteiger partial charge in [-0.3, -0.25) is 9.59 Å². The van der Waals surface area contributed by atoms with Crippen molar-refractivity contribution < 1.29 is 23.8 Å². The van der Waals surface area contributed by atoms with E-state index >= 15 is 0 Å². The van der Waals surface area contributed by atoms with E-state index in [0.29, 0.717) is 47.9 Å². The first-order chi connectivity index (χ1) is 15.1. The number of anilines is 1. The maximum absolute atomic E-state index is 12.4. The zero-order chi connectivity index (χ0) is 21.6. The zero-order valence-electron chi connectivity index (χ0n) is 17.1. The second-order valence-corrected chi connectivity index (χ2v) is 8.16. The van der Waals surface area contributed by atoms with Crippen molar-refractivity contribution in [3.05, 3.63) is 42.5 Å². The van der Waals surface area contributed by atoms with Crippen LogP contribution < -0.4 is 24.8 Å². The SMILES string of the molecule is CCCOc1ccc(NC(=O)CC2SC(=Nc3ccc4c(c3)OCCO4)NC2=O)cc1. The molecule has 0 aromatic heterocycles. The van der Waals surface area contributed by atoms with Crippen LogP contribution in [0.3, 0.4) is 0 Å². The molecule has 162 valence electrons. The average molecular weight is 442 g/mol. The summed E-state index contributed by atoms with van der Waals surface area (Å²) in [6.45, 7) is 3.70. The predicted molar refractivity (Wildman–Crippen MR) is 120 cm³/mol. The van der Waals surface area contributed by atoms with Crippen molar-refractivity contribution in [3.8, 4) is 17.2 Å². The predicted octanol–water partition coefficient (Wildman–Crippen LogP) is 3.49. The molecule has 31 heavy (non-hydrogen) atoms. The second kappa shape index (κ2) is 9.74. The van der Waals surface area contributed by atoms with E-state index in [4.69, 9.17) is 14.2 Å². The third-order valence-corrected chi connectivity index (χ3v) is 5.60. The highest BCUT2D eigenvalue weighted by Gasteiger charge is 2.32. The van der Waals surface area contributed by atoms with Gasteiger partial charge in [-0.15, -0.1) is 0 Å². The van der Waals surface area contributed by atoms with Gasteiger partial charge in [-0.25, -0.2) is 4.99 Å². The van der Waals surface area contributed by atoms with Crippen molar-refractivity contribution in [3.63, 3.8) is 0 Å². The number of ether oxygens (including phenoxy) is 3. The Morgan fingerprint density at radius 3 is 2.74 bits per heavy atom. The molecule has 2 aromatic carbocycles. The molecule has 1 fully saturated rings. The third kappa shape index (κ3) is 5.49. The summed E-state index contributed by atoms with van der Waals surface area (Å²) in [7, 11) is 0. The summed E-state index contributed by atoms with van der Waals surface area (Å²) in [5.74, 6) is 1.59. The Kier molecular flexibility index (Phi) is 6.61. The Hall–Kier alpha value is -3.20. The lowest BCUT2D eigenvalue weighted by molar-refractivity contribution is -0.122. The summed E-state index contributed by atoms with van der Waals surface area (Å²) in [6, 6.07) is 12.5. The molecule has 2 heterocycles. The summed E-state index contributed by atoms with van der Waals surface area (Å²) in [4.78, 5) is 29.1. The molecular formula is C22H23N3O5S. The first-order valence-electron chi connectivity index (χ1n) is 10.1. The van der Waals surface area contributed by atoms with Crippen molar-refractivity contribution in [2.45, 2.75) is 25.0 Å². The number of amides is 2. The summed E-state index contributed by atoms with van der Waals surface area (Å²) in [5, 5.41) is 5.46. The van der Waals surface area contributed by atoms with Gasteiger partial charge in [0.15, 0.2) is 16.7 Å². The summed E-state index contributed by atoms with van der Waals surface area (Å²) >= 11 is 1.24. The molecular weight excluding hydrogens is 418 g/mol. The van der Waals surface area contributed by atoms with Crippen LogP contribution in [0.2, 0.25) is 0 Å². The van der Waals surface area contributed by atoms with Crippen LogP contribution in [0.1, 0.15) is 19.8 Å². The Bertz CT molecular complexity index is 993. The Labute approximate surface area is 184 Å². The maximum Gasteiger partial charge on any atom is 0.240 e. The van der Waals surface area contributed by atoms with Gasteiger partial charge in [0.2, 0.25) is 11.8 Å². The number of hydrogen-bond acceptors (Lipinski definition) is 7. The number of nitrogens with one attached hydrogen (secondary N) is 2. The second-order valence-electron chi connectivity index (χ2n) is 6.97. The van der Waals surface area contributed by atoms with Crippen LogP contribution in [0.4, 0.5) is 11.4 Å². The van der Waals surface area contributed by atoms with Crippen molar-refractivity contribution in [1.82, 2.24) is 5.32 Å². The molecule has 1 saturated heterocycles. The van der Waals surface area contributed by atoms with E-state index in [-0.39, 0.29) is 18.2 Å². The molecule has 2 aliphatic heterocycles. The Morgan fingerprint density at radius 1 is 1.19 bits per heavy atom. The monoisotopic (exact) mass is 441 g/mol. The molecule has 2 aromatic rings. The number of thioether (sulfide) groups is 1. The fourth-order valence-corrected chi connectivity index (χ4v) is 4.03. The number of benzene rings is 2. The number of nitrogens with zero attached hydrogens (tertiary/aromatic N) is 1. The van der Waals surface area contributed by atoms with Crippen molar-refractivity contribution in [2.75, 3.05) is 25.1 Å². The molecule has 2 aliphatic rings. The third-order valence-electron chi connectivity index (χ3n) is 4.51. The molecule has 1 atom stereocenters. The molecule has 8 nitrogen and oxygen atoms in total. The molecule has 9 heteroatoms. The Morgan fingerprint density at radius 2 is 1.97 bits per heavy atom. The lowest BCUT2D eigenvalue weighted by atomic mass is 10.2. The number of carbonyl (C=O) groups is 2. The molecule has 0 spiro atoms. The van der Waals surface area contributed by atoms with Crippen molar-refractivity contribution in [1.29, 1.82) is 0 Å². The van der Waals surface area contributed by atoms with E-state index in [9.17, 15) is 9.59 Å². The lowest BCUT2D eigenvalue weighted by Crippen LogP contribution is -2.28. The number of amidine groups is 1. The highest BCUT2D eigenvalue weighted by atomic mass is 32.2. The minimum atomic E-state index is -0.539. The molecule has 0 aliphatic carbocycles. The molecule has 4 rings (SSSR count). The van der Waals surface area contributed by atoms with Gasteiger partial charge in [0.25, 0.3) is 0 Å². The largest absolute Gasteiger partial charge is 0.494 e. The summed E-state index contributed by atoms with van der Waals surface area (Å²) in [5.41, 5.74) is 1.30. The zero-order valence-corrected chi connectivity index (χ0v) is 17.9. The quantitative estimate of drug-likeness (QED) is 0.683. The first-order valence-corrected chi connectivity index (χ1v) is 11.0. The standard InChI is InChI=1S/C22H23N3O5S/c1-2-9-28-16-6-3-14(4-7-16)23-20(26)13-19-21(27)25-22(31-19)24-15-5-8-17-18(12-15)30-11-10-29-17/h3-8,12,19H,2,9-11,13H2,1H3,(H,23,26)(H,24,25,27). The van der Waals surface area contributed by atoms with Gasteiger partial charge < -0.3 is 24.8 Å². The highest BCUT2D eigenvalue weighted by molar-refractivity contribution is 8.15. The summed E-state index contributed by atoms with van der Waals surface area (Å²) < 4.78 is 16.6. The number of fused-ring (bicyclic) bond motifs is 1. The number of hydrogen-bond donors (Lipinski definition) is 2. The first kappa shape index (κ1) is 21.0. The van der Waals surface area contributed by atoms with Crippen LogP contribution in [0.5, 0.6) is 17.2 Å². The van der Waals surface area contributed by atoms with Gasteiger partial charge in [-0.1, -0.05) is 18.7 Å². The fourth-order valence-electron chi connectivity index (χ4n) is 3.05. The maximum atomic E-state index is 12.4. The minimum Gasteiger partial charge on any atom is -0.494 e. The van der Waals surface area contributed by atoms with E-state index in [1.54, 1.807) is 42.5 Å². The normalized spacial score (nSPS) is 18.5. The van der Waals surface area contributed by atoms with Crippen LogP contribution in [0.15, 0.2) is 47.5 Å². The van der Waals surface area contributed by atoms with Gasteiger partial charge in [0.1, 0.15) is 24.2 Å². The van der Waals surface area contributed by atoms with Gasteiger partial charge >= 0.3 is 0 Å². The van der Waals surface area contributed by atoms with E-state index in [2.05, 4.69) is 15.6 Å². The molecule has 0 saturated carbocycles. The fraction of sp³-hybridized carbons (Fsp3) is 0.318. The average Bonchev–Trinajstić information content (AvgIpc) is 3.11. The topological polar surface area (TPSA) is 98.2 Å². The van der Waals surface area contributed by atoms with Gasteiger partial charge in [-0.2, -0.15) is 0 Å². The molecule has 0 radical (unpaired) electrons. The van der Waals surface area contributed by atoms with Gasteiger partial charge in [-0.05, 0) is 42.8 Å². The van der Waals surface area contributed by atoms with E-state index < -0.39 is 5.25 Å². The Balaban J connectivity index is 1.33. The van der Waals surface area contributed by atoms with Crippen LogP contribution in [-0.2, 0) is 9.59 Å². The van der Waals surface area contributed by atoms with E-state index in [0.717, 1.165) is 12.2 Å². The van der Waals surface area contributed by atoms with Crippen LogP contribution in [0, 0.1) is 0 Å². The lowest BCUT2D eigenvalue weighted by Gasteiger charge is -2.18. The molecule has 1 unspecified atom stereocenters. The smallest absolute Gasteiger partial charge is 0.240 e. The highest BCUT2D eigenvalue weighted by Crippen LogP contribution is 2.34. The van der Waals surface area contributed by atoms with E-state index in [1.165, 1.54) is 11.8 Å². The van der Waals surface area contributed by atoms with Crippen LogP contribution in [0.25, 0.3) is 0 Å². The van der Waals surface area contributed by atoms with Crippen LogP contribution in [-0.4, -0.2) is 42.1 Å². The number of rotatable bonds is 7. The van der Waals surface area contributed by atoms with Crippen LogP contribution >= 0.6 is 11.8 Å². The van der Waals surface area contributed by atoms with Gasteiger partial charge in [0, 0.05) is 18.2 Å². The molecule has 2 N–H and O–H groups in total. The number of carbonyl (C=O) groups excluding carboxylic acids is 2. The number of aliphatic imine (C=N–C) groups is 1. The molecule has 0 bridgehead atoms. The summed E-state index contributed by atoms with van der Waals surface area (Å²) in [6.07, 6.45) is 0.976. The van der Waals surface area contributed by atoms with Crippen molar-refractivity contribution >= 4 is 40.1 Å². The van der Waals surface area contributed by atoms with Gasteiger partial charge in [0.05, 0.1) is 12.3 Å². The van der Waals surface area contributed by atoms with Crippen molar-refractivity contribution in [2.24, 2.45) is 4.99 Å². The van der Waals surface area contributed by atoms with E-state index in [1.807, 2.05) is 6.92 Å². The molecule has 2 amide bonds.